The standard InChI is InChI=1S/C23H30N4O/c1-17-18(2)27(15-19-10-6-4-7-11-19)23(21(17)14-24)25-22(28)16-26(3)20-12-8-5-9-13-20/h4,6-7,10-11,20H,5,8-9,12-13,15-16H2,1-3H3,(H,25,28)/p+1. The largest absolute Gasteiger partial charge is 0.327 e. The summed E-state index contributed by atoms with van der Waals surface area (Å²) >= 11 is 0. The fraction of sp³-hybridized carbons (Fsp3) is 0.478. The fourth-order valence-corrected chi connectivity index (χ4v) is 4.26. The van der Waals surface area contributed by atoms with Gasteiger partial charge >= 0.3 is 0 Å². The summed E-state index contributed by atoms with van der Waals surface area (Å²) in [6.07, 6.45) is 6.24. The molecule has 1 aromatic carbocycles. The minimum Gasteiger partial charge on any atom is -0.327 e. The molecule has 148 valence electrons. The van der Waals surface area contributed by atoms with E-state index < -0.39 is 0 Å². The van der Waals surface area contributed by atoms with Crippen molar-refractivity contribution in [2.45, 2.75) is 58.5 Å². The summed E-state index contributed by atoms with van der Waals surface area (Å²) in [4.78, 5) is 14.1. The molecular formula is C23H31N4O+. The van der Waals surface area contributed by atoms with E-state index in [2.05, 4.69) is 35.1 Å². The number of benzene rings is 1. The molecule has 1 aliphatic rings. The van der Waals surface area contributed by atoms with Crippen LogP contribution in [-0.2, 0) is 11.3 Å². The van der Waals surface area contributed by atoms with Gasteiger partial charge in [-0.25, -0.2) is 0 Å². The van der Waals surface area contributed by atoms with E-state index in [-0.39, 0.29) is 5.91 Å². The van der Waals surface area contributed by atoms with Crippen LogP contribution in [0.2, 0.25) is 0 Å². The van der Waals surface area contributed by atoms with Crippen molar-refractivity contribution in [2.75, 3.05) is 18.9 Å². The number of rotatable bonds is 6. The molecule has 1 atom stereocenters. The first kappa shape index (κ1) is 20.2. The summed E-state index contributed by atoms with van der Waals surface area (Å²) < 4.78 is 2.05. The Bertz CT molecular complexity index is 857. The lowest BCUT2D eigenvalue weighted by molar-refractivity contribution is -0.899. The smallest absolute Gasteiger partial charge is 0.280 e. The third-order valence-electron chi connectivity index (χ3n) is 6.12. The van der Waals surface area contributed by atoms with E-state index in [1.807, 2.05) is 32.0 Å². The van der Waals surface area contributed by atoms with E-state index in [1.54, 1.807) is 0 Å². The van der Waals surface area contributed by atoms with Gasteiger partial charge in [-0.15, -0.1) is 0 Å². The summed E-state index contributed by atoms with van der Waals surface area (Å²) in [6, 6.07) is 13.0. The summed E-state index contributed by atoms with van der Waals surface area (Å²) in [5, 5.41) is 12.7. The maximum Gasteiger partial charge on any atom is 0.280 e. The second kappa shape index (κ2) is 9.07. The molecular weight excluding hydrogens is 348 g/mol. The van der Waals surface area contributed by atoms with Crippen LogP contribution in [0.25, 0.3) is 0 Å². The van der Waals surface area contributed by atoms with Crippen molar-refractivity contribution in [1.82, 2.24) is 4.57 Å². The summed E-state index contributed by atoms with van der Waals surface area (Å²) in [5.41, 5.74) is 3.66. The highest BCUT2D eigenvalue weighted by molar-refractivity contribution is 5.92. The van der Waals surface area contributed by atoms with Gasteiger partial charge in [0.2, 0.25) is 0 Å². The third-order valence-corrected chi connectivity index (χ3v) is 6.12. The van der Waals surface area contributed by atoms with Crippen LogP contribution in [0.4, 0.5) is 5.82 Å². The third kappa shape index (κ3) is 4.45. The molecule has 0 saturated heterocycles. The number of anilines is 1. The van der Waals surface area contributed by atoms with Gasteiger partial charge in [-0.05, 0) is 50.7 Å². The monoisotopic (exact) mass is 379 g/mol. The molecule has 1 fully saturated rings. The lowest BCUT2D eigenvalue weighted by atomic mass is 9.94. The van der Waals surface area contributed by atoms with Crippen LogP contribution >= 0.6 is 0 Å². The molecule has 2 aromatic rings. The first-order chi connectivity index (χ1) is 13.5. The van der Waals surface area contributed by atoms with Gasteiger partial charge in [0.05, 0.1) is 18.7 Å². The van der Waals surface area contributed by atoms with Gasteiger partial charge in [-0.2, -0.15) is 5.26 Å². The topological polar surface area (TPSA) is 62.3 Å². The van der Waals surface area contributed by atoms with Crippen LogP contribution in [-0.4, -0.2) is 30.1 Å². The van der Waals surface area contributed by atoms with E-state index in [0.29, 0.717) is 30.5 Å². The van der Waals surface area contributed by atoms with E-state index in [9.17, 15) is 10.1 Å². The van der Waals surface area contributed by atoms with Crippen molar-refractivity contribution >= 4 is 11.7 Å². The Morgan fingerprint density at radius 3 is 2.54 bits per heavy atom. The predicted molar refractivity (Wildman–Crippen MR) is 111 cm³/mol. The number of carbonyl (C=O) groups is 1. The zero-order chi connectivity index (χ0) is 20.1. The number of aromatic nitrogens is 1. The van der Waals surface area contributed by atoms with E-state index in [4.69, 9.17) is 0 Å². The number of amides is 1. The molecule has 1 aromatic heterocycles. The highest BCUT2D eigenvalue weighted by atomic mass is 16.2. The van der Waals surface area contributed by atoms with Crippen LogP contribution in [0.3, 0.4) is 0 Å². The normalized spacial score (nSPS) is 15.8. The number of likely N-dealkylation sites (N-methyl/N-ethyl adjacent to an activating group) is 1. The van der Waals surface area contributed by atoms with E-state index in [0.717, 1.165) is 16.8 Å². The van der Waals surface area contributed by atoms with Crippen molar-refractivity contribution in [3.8, 4) is 6.07 Å². The highest BCUT2D eigenvalue weighted by Gasteiger charge is 2.25. The number of nitriles is 1. The minimum absolute atomic E-state index is 0.0219. The molecule has 0 spiro atoms. The molecule has 5 nitrogen and oxygen atoms in total. The summed E-state index contributed by atoms with van der Waals surface area (Å²) in [7, 11) is 2.11. The van der Waals surface area contributed by atoms with Crippen LogP contribution in [0.1, 0.15) is 54.5 Å². The molecule has 0 bridgehead atoms. The number of carbonyl (C=O) groups excluding carboxylic acids is 1. The Labute approximate surface area is 168 Å². The minimum atomic E-state index is -0.0219. The Morgan fingerprint density at radius 2 is 1.89 bits per heavy atom. The molecule has 1 amide bonds. The van der Waals surface area contributed by atoms with Crippen LogP contribution in [0.5, 0.6) is 0 Å². The van der Waals surface area contributed by atoms with Gasteiger partial charge in [-0.1, -0.05) is 36.8 Å². The number of nitrogens with zero attached hydrogens (tertiary/aromatic N) is 2. The molecule has 3 rings (SSSR count). The lowest BCUT2D eigenvalue weighted by Crippen LogP contribution is -3.14. The van der Waals surface area contributed by atoms with Crippen molar-refractivity contribution in [2.24, 2.45) is 0 Å². The van der Waals surface area contributed by atoms with Crippen molar-refractivity contribution in [3.63, 3.8) is 0 Å². The van der Waals surface area contributed by atoms with E-state index >= 15 is 0 Å². The first-order valence-electron chi connectivity index (χ1n) is 10.3. The van der Waals surface area contributed by atoms with Gasteiger partial charge in [0, 0.05) is 12.2 Å². The SMILES string of the molecule is Cc1c(C#N)c(NC(=O)C[NH+](C)C2CCCCC2)n(Cc2ccccc2)c1C. The maximum absolute atomic E-state index is 12.8. The molecule has 1 heterocycles. The molecule has 0 aliphatic heterocycles. The lowest BCUT2D eigenvalue weighted by Gasteiger charge is -2.27. The number of quaternary nitrogens is 1. The number of nitrogens with one attached hydrogen (secondary N) is 2. The molecule has 1 unspecified atom stereocenters. The molecule has 5 heteroatoms. The second-order valence-electron chi connectivity index (χ2n) is 8.02. The molecule has 2 N–H and O–H groups in total. The van der Waals surface area contributed by atoms with Gasteiger partial charge < -0.3 is 14.8 Å². The quantitative estimate of drug-likeness (QED) is 0.811. The first-order valence-corrected chi connectivity index (χ1v) is 10.3. The Hall–Kier alpha value is -2.58. The van der Waals surface area contributed by atoms with Gasteiger partial charge in [0.15, 0.2) is 6.54 Å². The fourth-order valence-electron chi connectivity index (χ4n) is 4.26. The molecule has 1 saturated carbocycles. The number of hydrogen-bond donors (Lipinski definition) is 2. The van der Waals surface area contributed by atoms with Crippen molar-refractivity contribution < 1.29 is 9.69 Å². The summed E-state index contributed by atoms with van der Waals surface area (Å²) in [5.74, 6) is 0.606. The van der Waals surface area contributed by atoms with Gasteiger partial charge in [0.1, 0.15) is 11.9 Å². The van der Waals surface area contributed by atoms with Crippen LogP contribution in [0.15, 0.2) is 30.3 Å². The van der Waals surface area contributed by atoms with E-state index in [1.165, 1.54) is 37.0 Å². The van der Waals surface area contributed by atoms with Crippen molar-refractivity contribution in [1.29, 1.82) is 5.26 Å². The maximum atomic E-state index is 12.8. The summed E-state index contributed by atoms with van der Waals surface area (Å²) in [6.45, 7) is 5.03. The average Bonchev–Trinajstić information content (AvgIpc) is 2.93. The van der Waals surface area contributed by atoms with Gasteiger partial charge in [-0.3, -0.25) is 4.79 Å². The Kier molecular flexibility index (Phi) is 6.53. The molecule has 0 radical (unpaired) electrons. The van der Waals surface area contributed by atoms with Crippen LogP contribution < -0.4 is 10.2 Å². The zero-order valence-corrected chi connectivity index (χ0v) is 17.2. The molecule has 1 aliphatic carbocycles. The Balaban J connectivity index is 1.79. The van der Waals surface area contributed by atoms with Crippen LogP contribution in [0, 0.1) is 25.2 Å². The molecule has 28 heavy (non-hydrogen) atoms. The predicted octanol–water partition coefficient (Wildman–Crippen LogP) is 2.81. The second-order valence-corrected chi connectivity index (χ2v) is 8.02. The number of hydrogen-bond acceptors (Lipinski definition) is 2. The average molecular weight is 380 g/mol. The Morgan fingerprint density at radius 1 is 1.21 bits per heavy atom. The van der Waals surface area contributed by atoms with Gasteiger partial charge in [0.25, 0.3) is 5.91 Å². The highest BCUT2D eigenvalue weighted by Crippen LogP contribution is 2.27. The van der Waals surface area contributed by atoms with Crippen molar-refractivity contribution in [3.05, 3.63) is 52.7 Å². The zero-order valence-electron chi connectivity index (χ0n) is 17.2.